The van der Waals surface area contributed by atoms with Crippen molar-refractivity contribution in [3.05, 3.63) is 29.3 Å². The normalized spacial score (nSPS) is 20.1. The lowest BCUT2D eigenvalue weighted by atomic mass is 10.2. The molecule has 0 saturated carbocycles. The number of carbonyl (C=O) groups is 1. The van der Waals surface area contributed by atoms with E-state index in [0.717, 1.165) is 28.7 Å². The van der Waals surface area contributed by atoms with E-state index in [1.807, 2.05) is 23.1 Å². The van der Waals surface area contributed by atoms with E-state index in [0.29, 0.717) is 6.54 Å². The summed E-state index contributed by atoms with van der Waals surface area (Å²) >= 11 is 1.56. The van der Waals surface area contributed by atoms with Gasteiger partial charge in [0.2, 0.25) is 0 Å². The van der Waals surface area contributed by atoms with Crippen molar-refractivity contribution in [1.82, 2.24) is 9.88 Å². The van der Waals surface area contributed by atoms with Crippen LogP contribution < -0.4 is 5.73 Å². The smallest absolute Gasteiger partial charge is 0.253 e. The largest absolute Gasteiger partial charge is 0.337 e. The molecule has 1 saturated heterocycles. The van der Waals surface area contributed by atoms with E-state index < -0.39 is 0 Å². The summed E-state index contributed by atoms with van der Waals surface area (Å²) in [6, 6.07) is 5.79. The second-order valence-corrected chi connectivity index (χ2v) is 5.22. The lowest BCUT2D eigenvalue weighted by Gasteiger charge is -2.15. The van der Waals surface area contributed by atoms with Gasteiger partial charge < -0.3 is 10.6 Å². The highest BCUT2D eigenvalue weighted by Crippen LogP contribution is 2.21. The highest BCUT2D eigenvalue weighted by molar-refractivity contribution is 7.16. The van der Waals surface area contributed by atoms with Crippen LogP contribution in [0.2, 0.25) is 0 Å². The third-order valence-corrected chi connectivity index (χ3v) is 3.88. The number of rotatable bonds is 1. The Balaban J connectivity index is 1.89. The Labute approximate surface area is 103 Å². The van der Waals surface area contributed by atoms with Crippen molar-refractivity contribution in [3.63, 3.8) is 0 Å². The van der Waals surface area contributed by atoms with Gasteiger partial charge in [-0.15, -0.1) is 11.3 Å². The van der Waals surface area contributed by atoms with Gasteiger partial charge in [0.1, 0.15) is 0 Å². The minimum Gasteiger partial charge on any atom is -0.337 e. The van der Waals surface area contributed by atoms with E-state index in [-0.39, 0.29) is 11.9 Å². The fourth-order valence-electron chi connectivity index (χ4n) is 2.14. The molecule has 1 amide bonds. The van der Waals surface area contributed by atoms with Crippen LogP contribution in [0.25, 0.3) is 10.2 Å². The molecule has 2 aromatic rings. The van der Waals surface area contributed by atoms with Gasteiger partial charge in [0, 0.05) is 24.7 Å². The summed E-state index contributed by atoms with van der Waals surface area (Å²) in [5.74, 6) is 0.0771. The SMILES string of the molecule is N[C@@H]1CCN(C(=O)c2ccc3ncsc3c2)C1. The first-order chi connectivity index (χ1) is 8.24. The number of hydrogen-bond acceptors (Lipinski definition) is 4. The fourth-order valence-corrected chi connectivity index (χ4v) is 2.86. The summed E-state index contributed by atoms with van der Waals surface area (Å²) < 4.78 is 1.05. The number of amides is 1. The Morgan fingerprint density at radius 2 is 2.41 bits per heavy atom. The number of fused-ring (bicyclic) bond motifs is 1. The van der Waals surface area contributed by atoms with Crippen molar-refractivity contribution in [3.8, 4) is 0 Å². The van der Waals surface area contributed by atoms with Crippen molar-refractivity contribution in [1.29, 1.82) is 0 Å². The first-order valence-electron chi connectivity index (χ1n) is 5.62. The topological polar surface area (TPSA) is 59.2 Å². The molecule has 1 aliphatic rings. The molecule has 0 radical (unpaired) electrons. The first kappa shape index (κ1) is 10.7. The number of likely N-dealkylation sites (tertiary alicyclic amines) is 1. The predicted molar refractivity (Wildman–Crippen MR) is 68.1 cm³/mol. The Kier molecular flexibility index (Phi) is 2.57. The van der Waals surface area contributed by atoms with Gasteiger partial charge in [-0.1, -0.05) is 0 Å². The monoisotopic (exact) mass is 247 g/mol. The molecule has 1 atom stereocenters. The number of nitrogens with two attached hydrogens (primary N) is 1. The number of hydrogen-bond donors (Lipinski definition) is 1. The Morgan fingerprint density at radius 3 is 3.18 bits per heavy atom. The molecule has 0 spiro atoms. The standard InChI is InChI=1S/C12H13N3OS/c13-9-3-4-15(6-9)12(16)8-1-2-10-11(5-8)17-7-14-10/h1-2,5,7,9H,3-4,6,13H2/t9-/m1/s1. The van der Waals surface area contributed by atoms with Crippen LogP contribution in [0.4, 0.5) is 0 Å². The number of carbonyl (C=O) groups excluding carboxylic acids is 1. The van der Waals surface area contributed by atoms with Crippen molar-refractivity contribution in [2.45, 2.75) is 12.5 Å². The molecule has 17 heavy (non-hydrogen) atoms. The summed E-state index contributed by atoms with van der Waals surface area (Å²) in [5, 5.41) is 0. The fraction of sp³-hybridized carbons (Fsp3) is 0.333. The molecule has 88 valence electrons. The molecule has 5 heteroatoms. The van der Waals surface area contributed by atoms with E-state index in [4.69, 9.17) is 5.73 Å². The first-order valence-corrected chi connectivity index (χ1v) is 6.50. The maximum atomic E-state index is 12.2. The summed E-state index contributed by atoms with van der Waals surface area (Å²) in [6.45, 7) is 1.43. The molecule has 3 rings (SSSR count). The number of aromatic nitrogens is 1. The van der Waals surface area contributed by atoms with Crippen LogP contribution in [-0.4, -0.2) is 34.9 Å². The predicted octanol–water partition coefficient (Wildman–Crippen LogP) is 1.47. The molecule has 2 N–H and O–H groups in total. The second-order valence-electron chi connectivity index (χ2n) is 4.33. The minimum absolute atomic E-state index is 0.0771. The zero-order chi connectivity index (χ0) is 11.8. The van der Waals surface area contributed by atoms with Crippen LogP contribution in [0.3, 0.4) is 0 Å². The molecule has 1 aliphatic heterocycles. The van der Waals surface area contributed by atoms with Crippen LogP contribution in [-0.2, 0) is 0 Å². The Bertz CT molecular complexity index is 566. The van der Waals surface area contributed by atoms with Gasteiger partial charge in [-0.2, -0.15) is 0 Å². The van der Waals surface area contributed by atoms with Crippen molar-refractivity contribution < 1.29 is 4.79 Å². The molecule has 1 fully saturated rings. The van der Waals surface area contributed by atoms with Crippen LogP contribution in [0.5, 0.6) is 0 Å². The quantitative estimate of drug-likeness (QED) is 0.830. The van der Waals surface area contributed by atoms with Gasteiger partial charge in [0.25, 0.3) is 5.91 Å². The zero-order valence-electron chi connectivity index (χ0n) is 9.30. The summed E-state index contributed by atoms with van der Waals surface area (Å²) in [6.07, 6.45) is 0.897. The van der Waals surface area contributed by atoms with Gasteiger partial charge in [-0.25, -0.2) is 4.98 Å². The highest BCUT2D eigenvalue weighted by atomic mass is 32.1. The third-order valence-electron chi connectivity index (χ3n) is 3.09. The average Bonchev–Trinajstić information content (AvgIpc) is 2.95. The van der Waals surface area contributed by atoms with Crippen LogP contribution in [0.15, 0.2) is 23.7 Å². The van der Waals surface area contributed by atoms with Gasteiger partial charge in [0.05, 0.1) is 15.7 Å². The van der Waals surface area contributed by atoms with Crippen molar-refractivity contribution >= 4 is 27.5 Å². The average molecular weight is 247 g/mol. The Hall–Kier alpha value is -1.46. The molecular weight excluding hydrogens is 234 g/mol. The zero-order valence-corrected chi connectivity index (χ0v) is 10.1. The lowest BCUT2D eigenvalue weighted by Crippen LogP contribution is -2.31. The van der Waals surface area contributed by atoms with E-state index >= 15 is 0 Å². The highest BCUT2D eigenvalue weighted by Gasteiger charge is 2.24. The number of benzene rings is 1. The third kappa shape index (κ3) is 1.92. The molecular formula is C12H13N3OS. The second kappa shape index (κ2) is 4.09. The van der Waals surface area contributed by atoms with Crippen LogP contribution in [0, 0.1) is 0 Å². The maximum absolute atomic E-state index is 12.2. The molecule has 1 aromatic carbocycles. The Morgan fingerprint density at radius 1 is 1.53 bits per heavy atom. The van der Waals surface area contributed by atoms with Crippen LogP contribution >= 0.6 is 11.3 Å². The van der Waals surface area contributed by atoms with Gasteiger partial charge in [0.15, 0.2) is 0 Å². The van der Waals surface area contributed by atoms with E-state index in [1.54, 1.807) is 16.8 Å². The number of nitrogens with zero attached hydrogens (tertiary/aromatic N) is 2. The minimum atomic E-state index is 0.0771. The molecule has 1 aromatic heterocycles. The molecule has 0 unspecified atom stereocenters. The molecule has 4 nitrogen and oxygen atoms in total. The van der Waals surface area contributed by atoms with E-state index in [1.165, 1.54) is 0 Å². The summed E-state index contributed by atoms with van der Waals surface area (Å²) in [7, 11) is 0. The van der Waals surface area contributed by atoms with E-state index in [2.05, 4.69) is 4.98 Å². The molecule has 2 heterocycles. The van der Waals surface area contributed by atoms with Gasteiger partial charge in [-0.05, 0) is 24.6 Å². The van der Waals surface area contributed by atoms with Gasteiger partial charge >= 0.3 is 0 Å². The van der Waals surface area contributed by atoms with Crippen molar-refractivity contribution in [2.75, 3.05) is 13.1 Å². The molecule has 0 bridgehead atoms. The molecule has 0 aliphatic carbocycles. The van der Waals surface area contributed by atoms with Crippen molar-refractivity contribution in [2.24, 2.45) is 5.73 Å². The van der Waals surface area contributed by atoms with Gasteiger partial charge in [-0.3, -0.25) is 4.79 Å². The lowest BCUT2D eigenvalue weighted by molar-refractivity contribution is 0.0791. The maximum Gasteiger partial charge on any atom is 0.253 e. The number of thiazole rings is 1. The summed E-state index contributed by atoms with van der Waals surface area (Å²) in [5.41, 5.74) is 9.29. The summed E-state index contributed by atoms with van der Waals surface area (Å²) in [4.78, 5) is 18.2. The van der Waals surface area contributed by atoms with E-state index in [9.17, 15) is 4.79 Å². The van der Waals surface area contributed by atoms with Crippen LogP contribution in [0.1, 0.15) is 16.8 Å².